The lowest BCUT2D eigenvalue weighted by molar-refractivity contribution is 0.613. The molecule has 3 nitrogen and oxygen atoms in total. The minimum Gasteiger partial charge on any atom is -0.349 e. The summed E-state index contributed by atoms with van der Waals surface area (Å²) >= 11 is 0. The molecule has 0 N–H and O–H groups in total. The van der Waals surface area contributed by atoms with Crippen molar-refractivity contribution in [1.82, 2.24) is 9.97 Å². The number of hydrogen-bond acceptors (Lipinski definition) is 3. The van der Waals surface area contributed by atoms with E-state index in [2.05, 4.69) is 53.8 Å². The van der Waals surface area contributed by atoms with Crippen molar-refractivity contribution in [2.45, 2.75) is 40.2 Å². The Hall–Kier alpha value is -1.61. The summed E-state index contributed by atoms with van der Waals surface area (Å²) in [5.41, 5.74) is 6.51. The lowest BCUT2D eigenvalue weighted by Crippen LogP contribution is -2.35. The molecule has 112 valence electrons. The first kappa shape index (κ1) is 15.8. The zero-order valence-corrected chi connectivity index (χ0v) is 13.9. The van der Waals surface area contributed by atoms with Crippen LogP contribution in [0.15, 0.2) is 24.5 Å². The van der Waals surface area contributed by atoms with Gasteiger partial charge in [-0.05, 0) is 45.2 Å². The molecule has 1 aliphatic heterocycles. The van der Waals surface area contributed by atoms with Crippen molar-refractivity contribution in [3.63, 3.8) is 0 Å². The third kappa shape index (κ3) is 2.75. The number of anilines is 1. The maximum absolute atomic E-state index is 4.52. The fourth-order valence-corrected chi connectivity index (χ4v) is 3.07. The van der Waals surface area contributed by atoms with Crippen LogP contribution in [0, 0.1) is 20.8 Å². The topological polar surface area (TPSA) is 29.0 Å². The maximum Gasteiger partial charge on any atom is 0.135 e. The minimum absolute atomic E-state index is 0. The number of rotatable bonds is 1. The Morgan fingerprint density at radius 3 is 2.67 bits per heavy atom. The molecule has 1 aromatic heterocycles. The quantitative estimate of drug-likeness (QED) is 0.799. The van der Waals surface area contributed by atoms with Crippen molar-refractivity contribution in [3.05, 3.63) is 52.5 Å². The number of fused-ring (bicyclic) bond motifs is 1. The highest BCUT2D eigenvalue weighted by atomic mass is 35.5. The Kier molecular flexibility index (Phi) is 4.52. The third-order valence-corrected chi connectivity index (χ3v) is 4.42. The second kappa shape index (κ2) is 6.02. The van der Waals surface area contributed by atoms with E-state index in [4.69, 9.17) is 0 Å². The Morgan fingerprint density at radius 2 is 1.90 bits per heavy atom. The van der Waals surface area contributed by atoms with Gasteiger partial charge in [0.15, 0.2) is 0 Å². The molecular weight excluding hydrogens is 282 g/mol. The molecule has 1 atom stereocenters. The van der Waals surface area contributed by atoms with Crippen LogP contribution in [0.2, 0.25) is 0 Å². The number of nitrogens with zero attached hydrogens (tertiary/aromatic N) is 3. The van der Waals surface area contributed by atoms with Crippen LogP contribution >= 0.6 is 12.4 Å². The summed E-state index contributed by atoms with van der Waals surface area (Å²) in [6.07, 6.45) is 2.76. The van der Waals surface area contributed by atoms with Gasteiger partial charge in [-0.3, -0.25) is 0 Å². The summed E-state index contributed by atoms with van der Waals surface area (Å²) in [6, 6.07) is 7.16. The monoisotopic (exact) mass is 303 g/mol. The van der Waals surface area contributed by atoms with Gasteiger partial charge in [0.2, 0.25) is 0 Å². The second-order valence-corrected chi connectivity index (χ2v) is 5.73. The maximum atomic E-state index is 4.52. The average Bonchev–Trinajstić information content (AvgIpc) is 2.43. The predicted molar refractivity (Wildman–Crippen MR) is 89.4 cm³/mol. The van der Waals surface area contributed by atoms with Gasteiger partial charge in [0.05, 0.1) is 6.04 Å². The molecule has 1 aliphatic rings. The average molecular weight is 304 g/mol. The molecule has 0 saturated carbocycles. The molecule has 2 heterocycles. The molecule has 3 rings (SSSR count). The first-order valence-corrected chi connectivity index (χ1v) is 7.22. The summed E-state index contributed by atoms with van der Waals surface area (Å²) in [5, 5.41) is 0. The van der Waals surface area contributed by atoms with E-state index in [1.165, 1.54) is 22.3 Å². The minimum atomic E-state index is 0. The molecule has 0 radical (unpaired) electrons. The van der Waals surface area contributed by atoms with Gasteiger partial charge in [0.1, 0.15) is 12.1 Å². The Bertz CT molecular complexity index is 654. The van der Waals surface area contributed by atoms with E-state index < -0.39 is 0 Å². The SMILES string of the molecule is Cc1ccc2c(c1)CCN(c1ncnc(C)c1C)C2C.Cl. The Balaban J connectivity index is 0.00000161. The number of aromatic nitrogens is 2. The van der Waals surface area contributed by atoms with Crippen LogP contribution in [-0.4, -0.2) is 16.5 Å². The molecular formula is C17H22ClN3. The highest BCUT2D eigenvalue weighted by Crippen LogP contribution is 2.34. The van der Waals surface area contributed by atoms with Gasteiger partial charge < -0.3 is 4.90 Å². The predicted octanol–water partition coefficient (Wildman–Crippen LogP) is 3.95. The van der Waals surface area contributed by atoms with Crippen LogP contribution in [-0.2, 0) is 6.42 Å². The van der Waals surface area contributed by atoms with Gasteiger partial charge in [0.25, 0.3) is 0 Å². The largest absolute Gasteiger partial charge is 0.349 e. The fourth-order valence-electron chi connectivity index (χ4n) is 3.07. The van der Waals surface area contributed by atoms with Gasteiger partial charge in [-0.15, -0.1) is 12.4 Å². The molecule has 0 saturated heterocycles. The Morgan fingerprint density at radius 1 is 1.14 bits per heavy atom. The van der Waals surface area contributed by atoms with Gasteiger partial charge in [0, 0.05) is 17.8 Å². The smallest absolute Gasteiger partial charge is 0.135 e. The summed E-state index contributed by atoms with van der Waals surface area (Å²) in [4.78, 5) is 11.2. The molecule has 21 heavy (non-hydrogen) atoms. The second-order valence-electron chi connectivity index (χ2n) is 5.73. The molecule has 1 aromatic carbocycles. The molecule has 0 aliphatic carbocycles. The van der Waals surface area contributed by atoms with Crippen LogP contribution in [0.3, 0.4) is 0 Å². The lowest BCUT2D eigenvalue weighted by Gasteiger charge is -2.37. The van der Waals surface area contributed by atoms with Crippen LogP contribution in [0.1, 0.15) is 40.9 Å². The number of halogens is 1. The first-order chi connectivity index (χ1) is 9.58. The van der Waals surface area contributed by atoms with Crippen LogP contribution < -0.4 is 4.90 Å². The van der Waals surface area contributed by atoms with Gasteiger partial charge >= 0.3 is 0 Å². The van der Waals surface area contributed by atoms with Gasteiger partial charge in [-0.2, -0.15) is 0 Å². The fraction of sp³-hybridized carbons (Fsp3) is 0.412. The molecule has 0 fully saturated rings. The standard InChI is InChI=1S/C17H21N3.ClH/c1-11-5-6-16-14(4)20(8-7-15(16)9-11)17-12(2)13(3)18-10-19-17;/h5-6,9-10,14H,7-8H2,1-4H3;1H. The van der Waals surface area contributed by atoms with Crippen molar-refractivity contribution in [2.75, 3.05) is 11.4 Å². The third-order valence-electron chi connectivity index (χ3n) is 4.42. The van der Waals surface area contributed by atoms with E-state index in [0.717, 1.165) is 24.5 Å². The summed E-state index contributed by atoms with van der Waals surface area (Å²) in [5.74, 6) is 1.08. The van der Waals surface area contributed by atoms with E-state index in [1.54, 1.807) is 6.33 Å². The highest BCUT2D eigenvalue weighted by molar-refractivity contribution is 5.85. The van der Waals surface area contributed by atoms with Crippen molar-refractivity contribution in [1.29, 1.82) is 0 Å². The van der Waals surface area contributed by atoms with Crippen LogP contribution in [0.25, 0.3) is 0 Å². The molecule has 0 bridgehead atoms. The molecule has 2 aromatic rings. The van der Waals surface area contributed by atoms with E-state index in [9.17, 15) is 0 Å². The van der Waals surface area contributed by atoms with E-state index in [-0.39, 0.29) is 12.4 Å². The molecule has 1 unspecified atom stereocenters. The van der Waals surface area contributed by atoms with Crippen LogP contribution in [0.5, 0.6) is 0 Å². The van der Waals surface area contributed by atoms with E-state index in [1.807, 2.05) is 6.92 Å². The number of hydrogen-bond donors (Lipinski definition) is 0. The van der Waals surface area contributed by atoms with Crippen molar-refractivity contribution >= 4 is 18.2 Å². The van der Waals surface area contributed by atoms with E-state index >= 15 is 0 Å². The summed E-state index contributed by atoms with van der Waals surface area (Å²) in [6.45, 7) is 9.61. The van der Waals surface area contributed by atoms with Crippen LogP contribution in [0.4, 0.5) is 5.82 Å². The highest BCUT2D eigenvalue weighted by Gasteiger charge is 2.26. The Labute approximate surface area is 132 Å². The molecule has 0 spiro atoms. The zero-order valence-electron chi connectivity index (χ0n) is 13.1. The number of aryl methyl sites for hydroxylation is 2. The van der Waals surface area contributed by atoms with Crippen molar-refractivity contribution < 1.29 is 0 Å². The summed E-state index contributed by atoms with van der Waals surface area (Å²) in [7, 11) is 0. The molecule has 4 heteroatoms. The van der Waals surface area contributed by atoms with Gasteiger partial charge in [-0.1, -0.05) is 23.8 Å². The first-order valence-electron chi connectivity index (χ1n) is 7.22. The zero-order chi connectivity index (χ0) is 14.3. The lowest BCUT2D eigenvalue weighted by atomic mass is 9.92. The molecule has 0 amide bonds. The van der Waals surface area contributed by atoms with Crippen molar-refractivity contribution in [3.8, 4) is 0 Å². The van der Waals surface area contributed by atoms with Gasteiger partial charge in [-0.25, -0.2) is 9.97 Å². The summed E-state index contributed by atoms with van der Waals surface area (Å²) < 4.78 is 0. The van der Waals surface area contributed by atoms with E-state index in [0.29, 0.717) is 6.04 Å². The normalized spacial score (nSPS) is 17.1. The number of benzene rings is 1. The van der Waals surface area contributed by atoms with Crippen molar-refractivity contribution in [2.24, 2.45) is 0 Å².